The summed E-state index contributed by atoms with van der Waals surface area (Å²) in [6, 6.07) is 0. The minimum atomic E-state index is -4.29. The fraction of sp³-hybridized carbons (Fsp3) is 0.778. The molecule has 0 bridgehead atoms. The summed E-state index contributed by atoms with van der Waals surface area (Å²) in [5.41, 5.74) is 0. The smallest absolute Gasteiger partial charge is 0.462 e. The monoisotopic (exact) mass is 781 g/mol. The normalized spacial score (nSPS) is 13.8. The van der Waals surface area contributed by atoms with Crippen LogP contribution >= 0.6 is 7.82 Å². The lowest BCUT2D eigenvalue weighted by Crippen LogP contribution is -2.29. The number of esters is 2. The van der Waals surface area contributed by atoms with Crippen LogP contribution in [0.15, 0.2) is 48.6 Å². The van der Waals surface area contributed by atoms with Gasteiger partial charge in [-0.05, 0) is 84.0 Å². The highest BCUT2D eigenvalue weighted by atomic mass is 31.2. The van der Waals surface area contributed by atoms with E-state index in [-0.39, 0.29) is 32.0 Å². The molecular weight excluding hydrogens is 699 g/mol. The van der Waals surface area contributed by atoms with Crippen LogP contribution in [0.2, 0.25) is 0 Å². The zero-order valence-electron chi connectivity index (χ0n) is 34.9. The Balaban J connectivity index is 4.12. The van der Waals surface area contributed by atoms with Gasteiger partial charge in [-0.25, -0.2) is 4.57 Å². The molecule has 8 nitrogen and oxygen atoms in total. The maximum Gasteiger partial charge on any atom is 0.472 e. The summed E-state index contributed by atoms with van der Waals surface area (Å²) in [7, 11) is -4.29. The van der Waals surface area contributed by atoms with Crippen molar-refractivity contribution in [2.45, 2.75) is 207 Å². The van der Waals surface area contributed by atoms with Crippen LogP contribution in [0.5, 0.6) is 0 Å². The summed E-state index contributed by atoms with van der Waals surface area (Å²) >= 11 is 0. The number of phosphoric acid groups is 1. The Morgan fingerprint density at radius 2 is 0.889 bits per heavy atom. The summed E-state index contributed by atoms with van der Waals surface area (Å²) in [5.74, 6) is -0.822. The molecule has 0 amide bonds. The average molecular weight is 781 g/mol. The van der Waals surface area contributed by atoms with Gasteiger partial charge in [0.25, 0.3) is 0 Å². The molecule has 0 spiro atoms. The topological polar surface area (TPSA) is 108 Å². The number of allylic oxidation sites excluding steroid dienone is 8. The van der Waals surface area contributed by atoms with Gasteiger partial charge >= 0.3 is 19.8 Å². The SMILES string of the molecule is CCCCC/C=C\C/C=C\C/C=C\CCCCCCCCC(=O)OC(COC(=O)CCCCCCC/C=C\CCCCCCCC)COP(=O)(O)OCC. The van der Waals surface area contributed by atoms with E-state index < -0.39 is 26.5 Å². The summed E-state index contributed by atoms with van der Waals surface area (Å²) in [5, 5.41) is 0. The first kappa shape index (κ1) is 52.0. The maximum atomic E-state index is 12.6. The third kappa shape index (κ3) is 39.7. The maximum absolute atomic E-state index is 12.6. The van der Waals surface area contributed by atoms with Crippen LogP contribution in [0.4, 0.5) is 0 Å². The third-order valence-corrected chi connectivity index (χ3v) is 10.2. The number of ether oxygens (including phenoxy) is 2. The Hall–Kier alpha value is -1.99. The molecule has 54 heavy (non-hydrogen) atoms. The van der Waals surface area contributed by atoms with E-state index in [9.17, 15) is 19.0 Å². The van der Waals surface area contributed by atoms with E-state index >= 15 is 0 Å². The van der Waals surface area contributed by atoms with Gasteiger partial charge in [0, 0.05) is 12.8 Å². The van der Waals surface area contributed by atoms with Gasteiger partial charge in [-0.1, -0.05) is 152 Å². The third-order valence-electron chi connectivity index (χ3n) is 9.11. The second kappa shape index (κ2) is 40.7. The summed E-state index contributed by atoms with van der Waals surface area (Å²) in [6.45, 7) is 5.42. The number of rotatable bonds is 40. The average Bonchev–Trinajstić information content (AvgIpc) is 3.15. The predicted molar refractivity (Wildman–Crippen MR) is 225 cm³/mol. The predicted octanol–water partition coefficient (Wildman–Crippen LogP) is 13.8. The van der Waals surface area contributed by atoms with Crippen molar-refractivity contribution in [2.75, 3.05) is 19.8 Å². The van der Waals surface area contributed by atoms with Gasteiger partial charge < -0.3 is 14.4 Å². The number of carbonyl (C=O) groups is 2. The number of unbranched alkanes of at least 4 members (excludes halogenated alkanes) is 20. The molecule has 0 radical (unpaired) electrons. The molecule has 0 aromatic carbocycles. The van der Waals surface area contributed by atoms with Crippen molar-refractivity contribution < 1.29 is 37.6 Å². The molecule has 0 fully saturated rings. The first-order chi connectivity index (χ1) is 26.3. The van der Waals surface area contributed by atoms with E-state index in [4.69, 9.17) is 18.5 Å². The molecular formula is C45H81O8P. The van der Waals surface area contributed by atoms with Gasteiger partial charge in [-0.2, -0.15) is 0 Å². The number of hydrogen-bond donors (Lipinski definition) is 1. The van der Waals surface area contributed by atoms with Gasteiger partial charge in [0.15, 0.2) is 6.10 Å². The first-order valence-electron chi connectivity index (χ1n) is 21.9. The van der Waals surface area contributed by atoms with Gasteiger partial charge in [0.2, 0.25) is 0 Å². The Morgan fingerprint density at radius 3 is 1.39 bits per heavy atom. The van der Waals surface area contributed by atoms with Gasteiger partial charge in [0.05, 0.1) is 13.2 Å². The summed E-state index contributed by atoms with van der Waals surface area (Å²) in [6.07, 6.45) is 47.3. The lowest BCUT2D eigenvalue weighted by Gasteiger charge is -2.19. The van der Waals surface area contributed by atoms with Crippen molar-refractivity contribution >= 4 is 19.8 Å². The minimum Gasteiger partial charge on any atom is -0.462 e. The Kier molecular flexibility index (Phi) is 39.2. The van der Waals surface area contributed by atoms with E-state index in [1.807, 2.05) is 0 Å². The molecule has 0 aliphatic rings. The van der Waals surface area contributed by atoms with Crippen molar-refractivity contribution in [1.29, 1.82) is 0 Å². The van der Waals surface area contributed by atoms with Gasteiger partial charge in [0.1, 0.15) is 6.61 Å². The molecule has 0 aromatic rings. The zero-order chi connectivity index (χ0) is 39.6. The van der Waals surface area contributed by atoms with E-state index in [1.54, 1.807) is 6.92 Å². The first-order valence-corrected chi connectivity index (χ1v) is 23.4. The lowest BCUT2D eigenvalue weighted by molar-refractivity contribution is -0.161. The molecule has 0 rings (SSSR count). The van der Waals surface area contributed by atoms with Crippen LogP contribution in [0, 0.1) is 0 Å². The van der Waals surface area contributed by atoms with E-state index in [2.05, 4.69) is 62.5 Å². The molecule has 0 heterocycles. The molecule has 0 saturated heterocycles. The largest absolute Gasteiger partial charge is 0.472 e. The molecule has 314 valence electrons. The van der Waals surface area contributed by atoms with Crippen LogP contribution in [0.3, 0.4) is 0 Å². The summed E-state index contributed by atoms with van der Waals surface area (Å²) in [4.78, 5) is 34.7. The van der Waals surface area contributed by atoms with Crippen molar-refractivity contribution in [1.82, 2.24) is 0 Å². The van der Waals surface area contributed by atoms with Gasteiger partial charge in [-0.3, -0.25) is 18.6 Å². The van der Waals surface area contributed by atoms with E-state index in [0.29, 0.717) is 6.42 Å². The van der Waals surface area contributed by atoms with Gasteiger partial charge in [-0.15, -0.1) is 0 Å². The second-order valence-corrected chi connectivity index (χ2v) is 15.8. The van der Waals surface area contributed by atoms with Crippen LogP contribution in [0.1, 0.15) is 201 Å². The zero-order valence-corrected chi connectivity index (χ0v) is 35.8. The van der Waals surface area contributed by atoms with E-state index in [0.717, 1.165) is 89.9 Å². The van der Waals surface area contributed by atoms with Crippen molar-refractivity contribution in [2.24, 2.45) is 0 Å². The fourth-order valence-electron chi connectivity index (χ4n) is 5.87. The quantitative estimate of drug-likeness (QED) is 0.0283. The van der Waals surface area contributed by atoms with Crippen molar-refractivity contribution in [3.8, 4) is 0 Å². The fourth-order valence-corrected chi connectivity index (χ4v) is 6.62. The summed E-state index contributed by atoms with van der Waals surface area (Å²) < 4.78 is 32.6. The van der Waals surface area contributed by atoms with Crippen LogP contribution < -0.4 is 0 Å². The van der Waals surface area contributed by atoms with Crippen molar-refractivity contribution in [3.05, 3.63) is 48.6 Å². The molecule has 0 aliphatic carbocycles. The number of carbonyl (C=O) groups excluding carboxylic acids is 2. The van der Waals surface area contributed by atoms with Crippen LogP contribution in [-0.2, 0) is 32.7 Å². The molecule has 2 atom stereocenters. The standard InChI is InChI=1S/C45H81O8P/c1-4-7-9-11-13-15-17-19-21-22-23-24-26-28-30-32-34-36-38-40-45(47)53-43(42-52-54(48,49)51-6-3)41-50-44(46)39-37-35-33-31-29-27-25-20-18-16-14-12-10-8-5-2/h13,15,19-21,23-25,43H,4-12,14,16-18,22,26-42H2,1-3H3,(H,48,49)/b15-13-,21-19-,24-23-,25-20-. The van der Waals surface area contributed by atoms with Crippen LogP contribution in [-0.4, -0.2) is 42.8 Å². The van der Waals surface area contributed by atoms with Crippen molar-refractivity contribution in [3.63, 3.8) is 0 Å². The van der Waals surface area contributed by atoms with Crippen LogP contribution in [0.25, 0.3) is 0 Å². The Labute approximate surface area is 331 Å². The minimum absolute atomic E-state index is 0.00492. The Bertz CT molecular complexity index is 1020. The highest BCUT2D eigenvalue weighted by molar-refractivity contribution is 7.47. The Morgan fingerprint density at radius 1 is 0.500 bits per heavy atom. The van der Waals surface area contributed by atoms with E-state index in [1.165, 1.54) is 70.6 Å². The second-order valence-electron chi connectivity index (χ2n) is 14.4. The lowest BCUT2D eigenvalue weighted by atomic mass is 10.1. The molecule has 2 unspecified atom stereocenters. The molecule has 0 aliphatic heterocycles. The molecule has 1 N–H and O–H groups in total. The molecule has 0 aromatic heterocycles. The molecule has 0 saturated carbocycles. The highest BCUT2D eigenvalue weighted by Gasteiger charge is 2.25. The number of phosphoric ester groups is 1. The number of hydrogen-bond acceptors (Lipinski definition) is 7. The highest BCUT2D eigenvalue weighted by Crippen LogP contribution is 2.43. The molecule has 9 heteroatoms.